The van der Waals surface area contributed by atoms with Crippen molar-refractivity contribution in [1.82, 2.24) is 19.4 Å². The molecule has 1 atom stereocenters. The number of anilines is 1. The van der Waals surface area contributed by atoms with Gasteiger partial charge in [-0.15, -0.1) is 0 Å². The SMILES string of the molecule is O=S(=O)(NC1CC1)c1ccc(S(=O)(=O)NC2CCCN(c3ncccn3)C2)cc1. The summed E-state index contributed by atoms with van der Waals surface area (Å²) in [6, 6.07) is 6.74. The van der Waals surface area contributed by atoms with Crippen molar-refractivity contribution in [3.63, 3.8) is 0 Å². The third-order valence-corrected chi connectivity index (χ3v) is 7.99. The third-order valence-electron chi connectivity index (χ3n) is 4.92. The highest BCUT2D eigenvalue weighted by atomic mass is 32.2. The fourth-order valence-corrected chi connectivity index (χ4v) is 5.85. The molecule has 1 unspecified atom stereocenters. The third kappa shape index (κ3) is 4.92. The van der Waals surface area contributed by atoms with Gasteiger partial charge < -0.3 is 4.90 Å². The average Bonchev–Trinajstić information content (AvgIpc) is 3.52. The molecular weight excluding hydrogens is 414 g/mol. The first-order valence-corrected chi connectivity index (χ1v) is 12.5. The summed E-state index contributed by atoms with van der Waals surface area (Å²) in [6.07, 6.45) is 6.51. The normalized spacial score (nSPS) is 20.6. The van der Waals surface area contributed by atoms with Crippen LogP contribution in [0.5, 0.6) is 0 Å². The Morgan fingerprint density at radius 3 is 1.93 bits per heavy atom. The van der Waals surface area contributed by atoms with Gasteiger partial charge in [-0.2, -0.15) is 0 Å². The molecule has 0 amide bonds. The number of sulfonamides is 2. The van der Waals surface area contributed by atoms with Gasteiger partial charge in [0.25, 0.3) is 0 Å². The Morgan fingerprint density at radius 2 is 1.38 bits per heavy atom. The maximum atomic E-state index is 12.8. The van der Waals surface area contributed by atoms with Crippen LogP contribution in [0.15, 0.2) is 52.5 Å². The molecule has 1 aromatic carbocycles. The van der Waals surface area contributed by atoms with Crippen LogP contribution in [0, 0.1) is 0 Å². The molecule has 1 saturated carbocycles. The maximum Gasteiger partial charge on any atom is 0.240 e. The van der Waals surface area contributed by atoms with Crippen LogP contribution < -0.4 is 14.3 Å². The molecule has 0 spiro atoms. The molecule has 0 bridgehead atoms. The van der Waals surface area contributed by atoms with Gasteiger partial charge in [-0.25, -0.2) is 36.2 Å². The van der Waals surface area contributed by atoms with E-state index in [1.165, 1.54) is 24.3 Å². The number of nitrogens with one attached hydrogen (secondary N) is 2. The van der Waals surface area contributed by atoms with Crippen molar-refractivity contribution in [2.24, 2.45) is 0 Å². The lowest BCUT2D eigenvalue weighted by Crippen LogP contribution is -2.48. The van der Waals surface area contributed by atoms with Crippen molar-refractivity contribution in [1.29, 1.82) is 0 Å². The van der Waals surface area contributed by atoms with Crippen LogP contribution >= 0.6 is 0 Å². The second-order valence-electron chi connectivity index (χ2n) is 7.32. The first-order chi connectivity index (χ1) is 13.8. The monoisotopic (exact) mass is 437 g/mol. The van der Waals surface area contributed by atoms with E-state index in [-0.39, 0.29) is 21.9 Å². The van der Waals surface area contributed by atoms with Gasteiger partial charge in [0.2, 0.25) is 26.0 Å². The minimum absolute atomic E-state index is 0.00656. The number of benzene rings is 1. The smallest absolute Gasteiger partial charge is 0.240 e. The maximum absolute atomic E-state index is 12.8. The highest BCUT2D eigenvalue weighted by Gasteiger charge is 2.29. The largest absolute Gasteiger partial charge is 0.339 e. The van der Waals surface area contributed by atoms with Gasteiger partial charge in [0, 0.05) is 37.6 Å². The van der Waals surface area contributed by atoms with E-state index < -0.39 is 20.0 Å². The zero-order valence-corrected chi connectivity index (χ0v) is 17.4. The van der Waals surface area contributed by atoms with Gasteiger partial charge in [-0.05, 0) is 56.0 Å². The minimum atomic E-state index is -3.77. The Balaban J connectivity index is 1.44. The lowest BCUT2D eigenvalue weighted by atomic mass is 10.1. The lowest BCUT2D eigenvalue weighted by molar-refractivity contribution is 0.461. The molecule has 2 fully saturated rings. The molecule has 1 saturated heterocycles. The van der Waals surface area contributed by atoms with Crippen LogP contribution in [0.3, 0.4) is 0 Å². The number of piperidine rings is 1. The minimum Gasteiger partial charge on any atom is -0.339 e. The van der Waals surface area contributed by atoms with Crippen molar-refractivity contribution in [3.05, 3.63) is 42.7 Å². The summed E-state index contributed by atoms with van der Waals surface area (Å²) in [5.74, 6) is 0.578. The van der Waals surface area contributed by atoms with Crippen LogP contribution in [0.25, 0.3) is 0 Å². The van der Waals surface area contributed by atoms with Gasteiger partial charge in [-0.3, -0.25) is 0 Å². The van der Waals surface area contributed by atoms with Crippen molar-refractivity contribution >= 4 is 26.0 Å². The van der Waals surface area contributed by atoms with Gasteiger partial charge in [0.05, 0.1) is 9.79 Å². The summed E-state index contributed by atoms with van der Waals surface area (Å²) in [5.41, 5.74) is 0. The molecule has 1 aliphatic heterocycles. The second kappa shape index (κ2) is 7.98. The summed E-state index contributed by atoms with van der Waals surface area (Å²) in [6.45, 7) is 1.24. The van der Waals surface area contributed by atoms with Crippen LogP contribution in [-0.4, -0.2) is 52.0 Å². The molecule has 9 nitrogen and oxygen atoms in total. The van der Waals surface area contributed by atoms with Crippen molar-refractivity contribution in [2.45, 2.75) is 47.6 Å². The Morgan fingerprint density at radius 1 is 0.828 bits per heavy atom. The zero-order valence-electron chi connectivity index (χ0n) is 15.7. The van der Waals surface area contributed by atoms with Crippen LogP contribution in [-0.2, 0) is 20.0 Å². The zero-order chi connectivity index (χ0) is 20.5. The van der Waals surface area contributed by atoms with Gasteiger partial charge in [0.15, 0.2) is 0 Å². The molecule has 2 aromatic rings. The number of hydrogen-bond acceptors (Lipinski definition) is 7. The quantitative estimate of drug-likeness (QED) is 0.659. The highest BCUT2D eigenvalue weighted by Crippen LogP contribution is 2.23. The van der Waals surface area contributed by atoms with E-state index in [2.05, 4.69) is 19.4 Å². The molecule has 2 aliphatic rings. The molecule has 4 rings (SSSR count). The summed E-state index contributed by atoms with van der Waals surface area (Å²) >= 11 is 0. The topological polar surface area (TPSA) is 121 Å². The number of rotatable bonds is 7. The van der Waals surface area contributed by atoms with E-state index in [4.69, 9.17) is 0 Å². The summed E-state index contributed by atoms with van der Waals surface area (Å²) in [7, 11) is -7.38. The molecule has 1 aliphatic carbocycles. The summed E-state index contributed by atoms with van der Waals surface area (Å²) in [5, 5.41) is 0. The van der Waals surface area contributed by atoms with E-state index >= 15 is 0 Å². The molecular formula is C18H23N5O4S2. The van der Waals surface area contributed by atoms with Crippen LogP contribution in [0.2, 0.25) is 0 Å². The summed E-state index contributed by atoms with van der Waals surface area (Å²) in [4.78, 5) is 10.5. The fourth-order valence-electron chi connectivity index (χ4n) is 3.28. The Bertz CT molecular complexity index is 1060. The molecule has 29 heavy (non-hydrogen) atoms. The fraction of sp³-hybridized carbons (Fsp3) is 0.444. The Labute approximate surface area is 170 Å². The second-order valence-corrected chi connectivity index (χ2v) is 10.8. The van der Waals surface area contributed by atoms with E-state index in [1.54, 1.807) is 18.5 Å². The number of hydrogen-bond donors (Lipinski definition) is 2. The van der Waals surface area contributed by atoms with Gasteiger partial charge >= 0.3 is 0 Å². The molecule has 0 radical (unpaired) electrons. The van der Waals surface area contributed by atoms with Gasteiger partial charge in [-0.1, -0.05) is 0 Å². The first-order valence-electron chi connectivity index (χ1n) is 9.50. The van der Waals surface area contributed by atoms with E-state index in [0.29, 0.717) is 18.9 Å². The van der Waals surface area contributed by atoms with Crippen LogP contribution in [0.4, 0.5) is 5.95 Å². The van der Waals surface area contributed by atoms with Crippen molar-refractivity contribution < 1.29 is 16.8 Å². The predicted molar refractivity (Wildman–Crippen MR) is 107 cm³/mol. The summed E-state index contributed by atoms with van der Waals surface area (Å²) < 4.78 is 55.3. The van der Waals surface area contributed by atoms with Crippen LogP contribution in [0.1, 0.15) is 25.7 Å². The molecule has 2 heterocycles. The van der Waals surface area contributed by atoms with E-state index in [0.717, 1.165) is 25.8 Å². The van der Waals surface area contributed by atoms with E-state index in [1.807, 2.05) is 4.90 Å². The molecule has 11 heteroatoms. The first kappa shape index (κ1) is 20.2. The average molecular weight is 438 g/mol. The lowest BCUT2D eigenvalue weighted by Gasteiger charge is -2.32. The predicted octanol–water partition coefficient (Wildman–Crippen LogP) is 0.865. The molecule has 1 aromatic heterocycles. The van der Waals surface area contributed by atoms with Crippen molar-refractivity contribution in [2.75, 3.05) is 18.0 Å². The number of aromatic nitrogens is 2. The van der Waals surface area contributed by atoms with Crippen molar-refractivity contribution in [3.8, 4) is 0 Å². The Hall–Kier alpha value is -2.08. The van der Waals surface area contributed by atoms with Gasteiger partial charge in [0.1, 0.15) is 0 Å². The molecule has 156 valence electrons. The van der Waals surface area contributed by atoms with E-state index in [9.17, 15) is 16.8 Å². The highest BCUT2D eigenvalue weighted by molar-refractivity contribution is 7.90. The molecule has 2 N–H and O–H groups in total. The standard InChI is InChI=1S/C18H23N5O4S2/c24-28(25,21-14-4-5-14)16-6-8-17(9-7-16)29(26,27)22-15-3-1-12-23(13-15)18-19-10-2-11-20-18/h2,6-11,14-15,21-22H,1,3-5,12-13H2. The Kier molecular flexibility index (Phi) is 5.56. The number of nitrogens with zero attached hydrogens (tertiary/aromatic N) is 3.